The van der Waals surface area contributed by atoms with E-state index in [1.54, 1.807) is 6.08 Å². The predicted octanol–water partition coefficient (Wildman–Crippen LogP) is 5.53. The highest BCUT2D eigenvalue weighted by Gasteiger charge is 2.07. The van der Waals surface area contributed by atoms with Crippen LogP contribution >= 0.6 is 0 Å². The SMILES string of the molecule is CCCCOc1ccc(/C=C/C(=O)Nc2cccc(C)c2C)cc1OCC. The molecular formula is C23H29NO3. The number of ether oxygens (including phenoxy) is 2. The van der Waals surface area contributed by atoms with Crippen LogP contribution in [0.15, 0.2) is 42.5 Å². The van der Waals surface area contributed by atoms with Gasteiger partial charge in [0.1, 0.15) is 0 Å². The average molecular weight is 367 g/mol. The third-order valence-electron chi connectivity index (χ3n) is 4.31. The van der Waals surface area contributed by atoms with E-state index < -0.39 is 0 Å². The number of nitrogens with one attached hydrogen (secondary N) is 1. The minimum absolute atomic E-state index is 0.162. The van der Waals surface area contributed by atoms with Crippen LogP contribution in [0.3, 0.4) is 0 Å². The van der Waals surface area contributed by atoms with E-state index in [2.05, 4.69) is 12.2 Å². The Kier molecular flexibility index (Phi) is 7.93. The molecular weight excluding hydrogens is 338 g/mol. The van der Waals surface area contributed by atoms with Crippen molar-refractivity contribution in [2.24, 2.45) is 0 Å². The van der Waals surface area contributed by atoms with Gasteiger partial charge in [0.15, 0.2) is 11.5 Å². The van der Waals surface area contributed by atoms with E-state index >= 15 is 0 Å². The molecule has 0 aliphatic carbocycles. The Bertz CT molecular complexity index is 796. The fourth-order valence-corrected chi connectivity index (χ4v) is 2.58. The van der Waals surface area contributed by atoms with Crippen LogP contribution in [0.5, 0.6) is 11.5 Å². The fraction of sp³-hybridized carbons (Fsp3) is 0.348. The molecule has 27 heavy (non-hydrogen) atoms. The van der Waals surface area contributed by atoms with Gasteiger partial charge in [0.25, 0.3) is 0 Å². The Hall–Kier alpha value is -2.75. The molecule has 0 unspecified atom stereocenters. The molecule has 1 amide bonds. The largest absolute Gasteiger partial charge is 0.490 e. The molecule has 0 radical (unpaired) electrons. The van der Waals surface area contributed by atoms with Gasteiger partial charge in [-0.3, -0.25) is 4.79 Å². The van der Waals surface area contributed by atoms with E-state index in [0.717, 1.165) is 41.0 Å². The Morgan fingerprint density at radius 2 is 1.89 bits per heavy atom. The van der Waals surface area contributed by atoms with Gasteiger partial charge in [-0.15, -0.1) is 0 Å². The molecule has 0 aliphatic heterocycles. The number of carbonyl (C=O) groups excluding carboxylic acids is 1. The maximum atomic E-state index is 12.2. The number of anilines is 1. The second kappa shape index (κ2) is 10.4. The second-order valence-corrected chi connectivity index (χ2v) is 6.41. The lowest BCUT2D eigenvalue weighted by molar-refractivity contribution is -0.111. The summed E-state index contributed by atoms with van der Waals surface area (Å²) in [7, 11) is 0. The van der Waals surface area contributed by atoms with E-state index in [1.165, 1.54) is 6.08 Å². The molecule has 0 saturated heterocycles. The predicted molar refractivity (Wildman–Crippen MR) is 112 cm³/mol. The van der Waals surface area contributed by atoms with Gasteiger partial charge >= 0.3 is 0 Å². The van der Waals surface area contributed by atoms with Crippen molar-refractivity contribution in [3.05, 3.63) is 59.2 Å². The van der Waals surface area contributed by atoms with Crippen LogP contribution in [0.4, 0.5) is 5.69 Å². The first kappa shape index (κ1) is 20.6. The van der Waals surface area contributed by atoms with Crippen LogP contribution in [0.25, 0.3) is 6.08 Å². The maximum absolute atomic E-state index is 12.2. The molecule has 2 aromatic rings. The molecule has 0 aromatic heterocycles. The Morgan fingerprint density at radius 1 is 1.07 bits per heavy atom. The van der Waals surface area contributed by atoms with Crippen LogP contribution in [-0.2, 0) is 4.79 Å². The summed E-state index contributed by atoms with van der Waals surface area (Å²) in [6.45, 7) is 9.33. The topological polar surface area (TPSA) is 47.6 Å². The lowest BCUT2D eigenvalue weighted by Crippen LogP contribution is -2.09. The summed E-state index contributed by atoms with van der Waals surface area (Å²) in [6.07, 6.45) is 5.40. The minimum atomic E-state index is -0.162. The Labute approximate surface area is 162 Å². The Morgan fingerprint density at radius 3 is 2.63 bits per heavy atom. The first-order valence-electron chi connectivity index (χ1n) is 9.50. The van der Waals surface area contributed by atoms with Crippen molar-refractivity contribution in [2.75, 3.05) is 18.5 Å². The van der Waals surface area contributed by atoms with Gasteiger partial charge in [-0.1, -0.05) is 31.5 Å². The number of hydrogen-bond acceptors (Lipinski definition) is 3. The van der Waals surface area contributed by atoms with Gasteiger partial charge in [0.05, 0.1) is 13.2 Å². The number of carbonyl (C=O) groups is 1. The zero-order chi connectivity index (χ0) is 19.6. The summed E-state index contributed by atoms with van der Waals surface area (Å²) in [5.41, 5.74) is 3.94. The number of amides is 1. The number of unbranched alkanes of at least 4 members (excludes halogenated alkanes) is 1. The number of rotatable bonds is 9. The average Bonchev–Trinajstić information content (AvgIpc) is 2.65. The molecule has 0 bridgehead atoms. The normalized spacial score (nSPS) is 10.8. The smallest absolute Gasteiger partial charge is 0.248 e. The molecule has 0 fully saturated rings. The van der Waals surface area contributed by atoms with E-state index in [0.29, 0.717) is 19.0 Å². The molecule has 0 atom stereocenters. The molecule has 2 rings (SSSR count). The van der Waals surface area contributed by atoms with Crippen molar-refractivity contribution in [1.29, 1.82) is 0 Å². The molecule has 4 heteroatoms. The van der Waals surface area contributed by atoms with Crippen LogP contribution in [0, 0.1) is 13.8 Å². The van der Waals surface area contributed by atoms with Crippen LogP contribution in [0.2, 0.25) is 0 Å². The molecule has 0 aliphatic rings. The van der Waals surface area contributed by atoms with Crippen LogP contribution in [0.1, 0.15) is 43.4 Å². The highest BCUT2D eigenvalue weighted by Crippen LogP contribution is 2.29. The van der Waals surface area contributed by atoms with E-state index in [4.69, 9.17) is 9.47 Å². The van der Waals surface area contributed by atoms with Crippen molar-refractivity contribution in [2.45, 2.75) is 40.5 Å². The maximum Gasteiger partial charge on any atom is 0.248 e. The third-order valence-corrected chi connectivity index (χ3v) is 4.31. The van der Waals surface area contributed by atoms with Gasteiger partial charge in [0, 0.05) is 11.8 Å². The number of aryl methyl sites for hydroxylation is 1. The highest BCUT2D eigenvalue weighted by atomic mass is 16.5. The lowest BCUT2D eigenvalue weighted by Gasteiger charge is -2.12. The molecule has 0 heterocycles. The van der Waals surface area contributed by atoms with Gasteiger partial charge in [-0.2, -0.15) is 0 Å². The Balaban J connectivity index is 2.07. The summed E-state index contributed by atoms with van der Waals surface area (Å²) in [6, 6.07) is 11.6. The summed E-state index contributed by atoms with van der Waals surface area (Å²) in [5, 5.41) is 2.93. The minimum Gasteiger partial charge on any atom is -0.490 e. The molecule has 0 spiro atoms. The van der Waals surface area contributed by atoms with Crippen molar-refractivity contribution < 1.29 is 14.3 Å². The number of benzene rings is 2. The summed E-state index contributed by atoms with van der Waals surface area (Å²) < 4.78 is 11.5. The molecule has 4 nitrogen and oxygen atoms in total. The number of hydrogen-bond donors (Lipinski definition) is 1. The van der Waals surface area contributed by atoms with Crippen molar-refractivity contribution in [3.8, 4) is 11.5 Å². The molecule has 144 valence electrons. The molecule has 2 aromatic carbocycles. The van der Waals surface area contributed by atoms with Gasteiger partial charge in [-0.25, -0.2) is 0 Å². The third kappa shape index (κ3) is 6.17. The lowest BCUT2D eigenvalue weighted by atomic mass is 10.1. The monoisotopic (exact) mass is 367 g/mol. The van der Waals surface area contributed by atoms with Gasteiger partial charge < -0.3 is 14.8 Å². The summed E-state index contributed by atoms with van der Waals surface area (Å²) in [5.74, 6) is 1.28. The standard InChI is InChI=1S/C23H29NO3/c1-5-7-15-27-21-13-11-19(16-22(21)26-6-2)12-14-23(25)24-20-10-8-9-17(3)18(20)4/h8-14,16H,5-7,15H2,1-4H3,(H,24,25)/b14-12+. The highest BCUT2D eigenvalue weighted by molar-refractivity contribution is 6.02. The van der Waals surface area contributed by atoms with E-state index in [1.807, 2.05) is 57.2 Å². The first-order chi connectivity index (χ1) is 13.0. The van der Waals surface area contributed by atoms with Crippen molar-refractivity contribution >= 4 is 17.7 Å². The quantitative estimate of drug-likeness (QED) is 0.468. The van der Waals surface area contributed by atoms with Gasteiger partial charge in [-0.05, 0) is 68.2 Å². The van der Waals surface area contributed by atoms with E-state index in [-0.39, 0.29) is 5.91 Å². The zero-order valence-electron chi connectivity index (χ0n) is 16.7. The van der Waals surface area contributed by atoms with Crippen LogP contribution < -0.4 is 14.8 Å². The van der Waals surface area contributed by atoms with E-state index in [9.17, 15) is 4.79 Å². The second-order valence-electron chi connectivity index (χ2n) is 6.41. The summed E-state index contributed by atoms with van der Waals surface area (Å²) in [4.78, 5) is 12.2. The fourth-order valence-electron chi connectivity index (χ4n) is 2.58. The van der Waals surface area contributed by atoms with Crippen molar-refractivity contribution in [3.63, 3.8) is 0 Å². The van der Waals surface area contributed by atoms with Gasteiger partial charge in [0.2, 0.25) is 5.91 Å². The first-order valence-corrected chi connectivity index (χ1v) is 9.50. The van der Waals surface area contributed by atoms with Crippen molar-refractivity contribution in [1.82, 2.24) is 0 Å². The summed E-state index contributed by atoms with van der Waals surface area (Å²) >= 11 is 0. The molecule has 0 saturated carbocycles. The molecule has 1 N–H and O–H groups in total. The zero-order valence-corrected chi connectivity index (χ0v) is 16.7. The van der Waals surface area contributed by atoms with Crippen LogP contribution in [-0.4, -0.2) is 19.1 Å².